The second-order valence-electron chi connectivity index (χ2n) is 8.40. The van der Waals surface area contributed by atoms with Crippen LogP contribution in [-0.4, -0.2) is 24.3 Å². The molecule has 168 valence electrons. The molecule has 4 rings (SSSR count). The zero-order valence-corrected chi connectivity index (χ0v) is 18.8. The van der Waals surface area contributed by atoms with Gasteiger partial charge in [-0.2, -0.15) is 0 Å². The number of rotatable bonds is 6. The van der Waals surface area contributed by atoms with Gasteiger partial charge in [0.2, 0.25) is 11.8 Å². The van der Waals surface area contributed by atoms with E-state index in [9.17, 15) is 14.4 Å². The Kier molecular flexibility index (Phi) is 6.54. The van der Waals surface area contributed by atoms with Crippen molar-refractivity contribution in [2.24, 2.45) is 5.92 Å². The second-order valence-corrected chi connectivity index (χ2v) is 8.40. The van der Waals surface area contributed by atoms with Crippen LogP contribution in [0.25, 0.3) is 0 Å². The number of hydrogen-bond acceptors (Lipinski definition) is 3. The predicted octanol–water partition coefficient (Wildman–Crippen LogP) is 4.23. The van der Waals surface area contributed by atoms with Crippen LogP contribution < -0.4 is 15.5 Å². The lowest BCUT2D eigenvalue weighted by molar-refractivity contribution is -0.122. The topological polar surface area (TPSA) is 78.5 Å². The number of nitrogens with one attached hydrogen (secondary N) is 2. The molecule has 6 heteroatoms. The van der Waals surface area contributed by atoms with E-state index < -0.39 is 5.92 Å². The van der Waals surface area contributed by atoms with E-state index in [0.717, 1.165) is 22.4 Å². The largest absolute Gasteiger partial charge is 0.348 e. The molecule has 33 heavy (non-hydrogen) atoms. The Morgan fingerprint density at radius 1 is 0.970 bits per heavy atom. The van der Waals surface area contributed by atoms with Crippen LogP contribution in [0.2, 0.25) is 0 Å². The molecule has 0 aromatic heterocycles. The third-order valence-electron chi connectivity index (χ3n) is 5.86. The Morgan fingerprint density at radius 3 is 2.45 bits per heavy atom. The Balaban J connectivity index is 1.43. The zero-order valence-electron chi connectivity index (χ0n) is 18.8. The smallest absolute Gasteiger partial charge is 0.253 e. The van der Waals surface area contributed by atoms with Gasteiger partial charge in [-0.05, 0) is 43.2 Å². The first-order valence-corrected chi connectivity index (χ1v) is 11.0. The number of para-hydroxylation sites is 1. The molecule has 0 aliphatic carbocycles. The summed E-state index contributed by atoms with van der Waals surface area (Å²) in [6, 6.07) is 22.5. The van der Waals surface area contributed by atoms with Gasteiger partial charge in [0.1, 0.15) is 0 Å². The number of benzene rings is 3. The van der Waals surface area contributed by atoms with Crippen molar-refractivity contribution >= 4 is 29.1 Å². The summed E-state index contributed by atoms with van der Waals surface area (Å²) < 4.78 is 0. The van der Waals surface area contributed by atoms with E-state index in [1.807, 2.05) is 62.4 Å². The number of amides is 3. The Labute approximate surface area is 193 Å². The molecule has 3 amide bonds. The molecule has 1 unspecified atom stereocenters. The first-order chi connectivity index (χ1) is 15.9. The molecule has 1 aliphatic rings. The maximum absolute atomic E-state index is 13.0. The molecular weight excluding hydrogens is 414 g/mol. The third kappa shape index (κ3) is 5.12. The van der Waals surface area contributed by atoms with Gasteiger partial charge in [-0.3, -0.25) is 14.4 Å². The number of hydrogen-bond donors (Lipinski definition) is 2. The van der Waals surface area contributed by atoms with E-state index in [1.54, 1.807) is 29.2 Å². The monoisotopic (exact) mass is 441 g/mol. The number of anilines is 2. The predicted molar refractivity (Wildman–Crippen MR) is 129 cm³/mol. The molecular formula is C27H27N3O3. The third-order valence-corrected chi connectivity index (χ3v) is 5.86. The average Bonchev–Trinajstić information content (AvgIpc) is 3.20. The lowest BCUT2D eigenvalue weighted by atomic mass is 10.1. The fraction of sp³-hybridized carbons (Fsp3) is 0.222. The van der Waals surface area contributed by atoms with Crippen LogP contribution in [0.3, 0.4) is 0 Å². The summed E-state index contributed by atoms with van der Waals surface area (Å²) >= 11 is 0. The highest BCUT2D eigenvalue weighted by molar-refractivity contribution is 6.07. The van der Waals surface area contributed by atoms with Crippen LogP contribution in [0.15, 0.2) is 72.8 Å². The van der Waals surface area contributed by atoms with Gasteiger partial charge in [0.25, 0.3) is 5.91 Å². The first-order valence-electron chi connectivity index (χ1n) is 11.0. The maximum atomic E-state index is 13.0. The molecule has 0 spiro atoms. The van der Waals surface area contributed by atoms with Crippen molar-refractivity contribution in [3.8, 4) is 0 Å². The normalized spacial score (nSPS) is 15.4. The molecule has 1 fully saturated rings. The minimum Gasteiger partial charge on any atom is -0.348 e. The number of carbonyl (C=O) groups excluding carboxylic acids is 3. The van der Waals surface area contributed by atoms with Gasteiger partial charge in [0.15, 0.2) is 0 Å². The van der Waals surface area contributed by atoms with Crippen LogP contribution in [0.5, 0.6) is 0 Å². The number of nitrogens with zero attached hydrogens (tertiary/aromatic N) is 1. The highest BCUT2D eigenvalue weighted by Crippen LogP contribution is 2.29. The second kappa shape index (κ2) is 9.69. The van der Waals surface area contributed by atoms with Gasteiger partial charge >= 0.3 is 0 Å². The first kappa shape index (κ1) is 22.3. The molecule has 1 saturated heterocycles. The van der Waals surface area contributed by atoms with Crippen molar-refractivity contribution in [3.05, 3.63) is 95.1 Å². The van der Waals surface area contributed by atoms with Crippen LogP contribution in [0, 0.1) is 19.8 Å². The lowest BCUT2D eigenvalue weighted by Crippen LogP contribution is -2.29. The molecule has 1 atom stereocenters. The summed E-state index contributed by atoms with van der Waals surface area (Å²) in [6.07, 6.45) is 0.140. The summed E-state index contributed by atoms with van der Waals surface area (Å²) in [4.78, 5) is 40.1. The van der Waals surface area contributed by atoms with Gasteiger partial charge in [-0.15, -0.1) is 0 Å². The maximum Gasteiger partial charge on any atom is 0.253 e. The van der Waals surface area contributed by atoms with Crippen LogP contribution >= 0.6 is 0 Å². The van der Waals surface area contributed by atoms with Crippen molar-refractivity contribution in [3.63, 3.8) is 0 Å². The van der Waals surface area contributed by atoms with E-state index in [1.165, 1.54) is 0 Å². The summed E-state index contributed by atoms with van der Waals surface area (Å²) in [6.45, 7) is 4.68. The van der Waals surface area contributed by atoms with E-state index in [0.29, 0.717) is 24.3 Å². The minimum atomic E-state index is -0.487. The van der Waals surface area contributed by atoms with E-state index in [4.69, 9.17) is 0 Å². The summed E-state index contributed by atoms with van der Waals surface area (Å²) in [5.41, 5.74) is 4.77. The quantitative estimate of drug-likeness (QED) is 0.601. The molecule has 1 aliphatic heterocycles. The summed E-state index contributed by atoms with van der Waals surface area (Å²) in [5, 5.41) is 5.76. The minimum absolute atomic E-state index is 0.0732. The van der Waals surface area contributed by atoms with Crippen LogP contribution in [0.1, 0.15) is 33.5 Å². The molecule has 1 heterocycles. The highest BCUT2D eigenvalue weighted by Gasteiger charge is 2.36. The Bertz CT molecular complexity index is 1190. The molecule has 6 nitrogen and oxygen atoms in total. The van der Waals surface area contributed by atoms with Crippen molar-refractivity contribution in [2.75, 3.05) is 16.8 Å². The standard InChI is InChI=1S/C27H27N3O3/c1-18-12-13-24(19(2)14-18)30-17-21(15-25(30)31)26(32)29-23-11-7-6-10-22(23)27(33)28-16-20-8-4-3-5-9-20/h3-14,21H,15-17H2,1-2H3,(H,28,33)(H,29,32). The molecule has 0 radical (unpaired) electrons. The molecule has 3 aromatic rings. The van der Waals surface area contributed by atoms with Crippen molar-refractivity contribution in [1.82, 2.24) is 5.32 Å². The van der Waals surface area contributed by atoms with Gasteiger partial charge in [0, 0.05) is 25.2 Å². The summed E-state index contributed by atoms with van der Waals surface area (Å²) in [5.74, 6) is -1.09. The van der Waals surface area contributed by atoms with Crippen LogP contribution in [0.4, 0.5) is 11.4 Å². The molecule has 0 saturated carbocycles. The molecule has 3 aromatic carbocycles. The molecule has 0 bridgehead atoms. The fourth-order valence-corrected chi connectivity index (χ4v) is 4.12. The molecule has 2 N–H and O–H groups in total. The lowest BCUT2D eigenvalue weighted by Gasteiger charge is -2.19. The van der Waals surface area contributed by atoms with Gasteiger partial charge in [-0.25, -0.2) is 0 Å². The average molecular weight is 442 g/mol. The van der Waals surface area contributed by atoms with Gasteiger partial charge in [-0.1, -0.05) is 60.2 Å². The van der Waals surface area contributed by atoms with Crippen molar-refractivity contribution in [2.45, 2.75) is 26.8 Å². The SMILES string of the molecule is Cc1ccc(N2CC(C(=O)Nc3ccccc3C(=O)NCc3ccccc3)CC2=O)c(C)c1. The van der Waals surface area contributed by atoms with Gasteiger partial charge < -0.3 is 15.5 Å². The Morgan fingerprint density at radius 2 is 1.70 bits per heavy atom. The number of carbonyl (C=O) groups is 3. The van der Waals surface area contributed by atoms with E-state index >= 15 is 0 Å². The van der Waals surface area contributed by atoms with Gasteiger partial charge in [0.05, 0.1) is 17.2 Å². The summed E-state index contributed by atoms with van der Waals surface area (Å²) in [7, 11) is 0. The van der Waals surface area contributed by atoms with Crippen molar-refractivity contribution in [1.29, 1.82) is 0 Å². The van der Waals surface area contributed by atoms with E-state index in [2.05, 4.69) is 10.6 Å². The highest BCUT2D eigenvalue weighted by atomic mass is 16.2. The number of aryl methyl sites for hydroxylation is 2. The Hall–Kier alpha value is -3.93. The fourth-order valence-electron chi connectivity index (χ4n) is 4.12. The van der Waals surface area contributed by atoms with E-state index in [-0.39, 0.29) is 24.1 Å². The van der Waals surface area contributed by atoms with Crippen molar-refractivity contribution < 1.29 is 14.4 Å². The van der Waals surface area contributed by atoms with Crippen LogP contribution in [-0.2, 0) is 16.1 Å². The zero-order chi connectivity index (χ0) is 23.4.